The molecule has 17 heavy (non-hydrogen) atoms. The van der Waals surface area contributed by atoms with Gasteiger partial charge in [0, 0.05) is 12.3 Å². The van der Waals surface area contributed by atoms with Crippen molar-refractivity contribution in [2.45, 2.75) is 46.0 Å². The van der Waals surface area contributed by atoms with E-state index in [9.17, 15) is 14.4 Å². The highest BCUT2D eigenvalue weighted by atomic mass is 16.2. The fraction of sp³-hybridized carbons (Fsp3) is 0.786. The minimum absolute atomic E-state index is 0.140. The largest absolute Gasteiger partial charge is 0.299 e. The van der Waals surface area contributed by atoms with Crippen molar-refractivity contribution in [1.82, 2.24) is 0 Å². The van der Waals surface area contributed by atoms with Gasteiger partial charge in [0.2, 0.25) is 0 Å². The van der Waals surface area contributed by atoms with Crippen molar-refractivity contribution in [3.63, 3.8) is 0 Å². The molecule has 2 aliphatic carbocycles. The number of ketones is 3. The summed E-state index contributed by atoms with van der Waals surface area (Å²) in [5, 5.41) is 0. The van der Waals surface area contributed by atoms with Gasteiger partial charge in [-0.25, -0.2) is 0 Å². The molecule has 1 unspecified atom stereocenters. The van der Waals surface area contributed by atoms with Crippen LogP contribution in [0.15, 0.2) is 0 Å². The lowest BCUT2D eigenvalue weighted by molar-refractivity contribution is -0.139. The summed E-state index contributed by atoms with van der Waals surface area (Å²) in [7, 11) is 0. The van der Waals surface area contributed by atoms with Crippen LogP contribution in [0.1, 0.15) is 46.0 Å². The summed E-state index contributed by atoms with van der Waals surface area (Å²) in [5.74, 6) is -0.288. The second-order valence-corrected chi connectivity index (χ2v) is 5.68. The molecular formula is C14H20O3. The van der Waals surface area contributed by atoms with Crippen molar-refractivity contribution in [2.75, 3.05) is 0 Å². The Labute approximate surface area is 102 Å². The van der Waals surface area contributed by atoms with E-state index in [0.717, 1.165) is 25.7 Å². The first-order valence-corrected chi connectivity index (χ1v) is 6.54. The van der Waals surface area contributed by atoms with Gasteiger partial charge in [-0.3, -0.25) is 14.4 Å². The van der Waals surface area contributed by atoms with Crippen molar-refractivity contribution in [3.05, 3.63) is 0 Å². The van der Waals surface area contributed by atoms with E-state index in [1.165, 1.54) is 13.8 Å². The van der Waals surface area contributed by atoms with Crippen LogP contribution >= 0.6 is 0 Å². The molecular weight excluding hydrogens is 216 g/mol. The molecule has 1 atom stereocenters. The maximum Gasteiger partial charge on any atom is 0.140 e. The molecule has 0 saturated heterocycles. The monoisotopic (exact) mass is 236 g/mol. The smallest absolute Gasteiger partial charge is 0.140 e. The van der Waals surface area contributed by atoms with Gasteiger partial charge in [-0.1, -0.05) is 0 Å². The molecule has 0 bridgehead atoms. The Balaban J connectivity index is 2.10. The third-order valence-corrected chi connectivity index (χ3v) is 3.92. The average molecular weight is 236 g/mol. The molecule has 0 aromatic heterocycles. The molecule has 2 fully saturated rings. The highest BCUT2D eigenvalue weighted by Gasteiger charge is 2.45. The Morgan fingerprint density at radius 1 is 1.00 bits per heavy atom. The molecule has 2 aliphatic rings. The van der Waals surface area contributed by atoms with Gasteiger partial charge in [0.1, 0.15) is 17.3 Å². The molecule has 0 aliphatic heterocycles. The van der Waals surface area contributed by atoms with Gasteiger partial charge in [0.25, 0.3) is 0 Å². The third kappa shape index (κ3) is 3.02. The predicted molar refractivity (Wildman–Crippen MR) is 63.4 cm³/mol. The summed E-state index contributed by atoms with van der Waals surface area (Å²) in [4.78, 5) is 35.4. The molecule has 0 heterocycles. The van der Waals surface area contributed by atoms with E-state index in [4.69, 9.17) is 0 Å². The van der Waals surface area contributed by atoms with Crippen molar-refractivity contribution >= 4 is 17.3 Å². The lowest BCUT2D eigenvalue weighted by atomic mass is 9.78. The molecule has 0 radical (unpaired) electrons. The Bertz CT molecular complexity index is 336. The summed E-state index contributed by atoms with van der Waals surface area (Å²) in [5.41, 5.74) is 0. The number of Topliss-reactive ketones (excluding diaryl/α,β-unsaturated/α-hetero) is 3. The SMILES string of the molecule is CC(=O)C(C(C)=O)C(C(=O)CC1CC1)C1CC1. The lowest BCUT2D eigenvalue weighted by Crippen LogP contribution is -2.35. The molecule has 0 N–H and O–H groups in total. The Morgan fingerprint density at radius 2 is 1.53 bits per heavy atom. The summed E-state index contributed by atoms with van der Waals surface area (Å²) in [6.45, 7) is 2.87. The Hall–Kier alpha value is -0.990. The fourth-order valence-corrected chi connectivity index (χ4v) is 2.71. The van der Waals surface area contributed by atoms with Crippen molar-refractivity contribution < 1.29 is 14.4 Å². The van der Waals surface area contributed by atoms with Crippen LogP contribution < -0.4 is 0 Å². The van der Waals surface area contributed by atoms with E-state index in [0.29, 0.717) is 18.3 Å². The van der Waals surface area contributed by atoms with Crippen molar-refractivity contribution in [2.24, 2.45) is 23.7 Å². The van der Waals surface area contributed by atoms with Crippen molar-refractivity contribution in [3.8, 4) is 0 Å². The summed E-state index contributed by atoms with van der Waals surface area (Å²) in [6, 6.07) is 0. The van der Waals surface area contributed by atoms with Gasteiger partial charge in [0.05, 0.1) is 5.92 Å². The van der Waals surface area contributed by atoms with Crippen LogP contribution in [0, 0.1) is 23.7 Å². The molecule has 2 saturated carbocycles. The summed E-state index contributed by atoms with van der Waals surface area (Å²) >= 11 is 0. The van der Waals surface area contributed by atoms with Gasteiger partial charge < -0.3 is 0 Å². The second-order valence-electron chi connectivity index (χ2n) is 5.68. The zero-order valence-corrected chi connectivity index (χ0v) is 10.6. The molecule has 94 valence electrons. The average Bonchev–Trinajstić information content (AvgIpc) is 3.05. The first-order valence-electron chi connectivity index (χ1n) is 6.54. The standard InChI is InChI=1S/C14H20O3/c1-8(15)13(9(2)16)14(11-5-6-11)12(17)7-10-3-4-10/h10-11,13-14H,3-7H2,1-2H3. The molecule has 0 amide bonds. The maximum absolute atomic E-state index is 12.2. The highest BCUT2D eigenvalue weighted by Crippen LogP contribution is 2.44. The Morgan fingerprint density at radius 3 is 1.88 bits per heavy atom. The van der Waals surface area contributed by atoms with E-state index in [1.807, 2.05) is 0 Å². The molecule has 0 spiro atoms. The van der Waals surface area contributed by atoms with E-state index < -0.39 is 5.92 Å². The predicted octanol–water partition coefficient (Wildman–Crippen LogP) is 2.18. The van der Waals surface area contributed by atoms with Crippen molar-refractivity contribution in [1.29, 1.82) is 0 Å². The quantitative estimate of drug-likeness (QED) is 0.636. The molecule has 0 aromatic rings. The third-order valence-electron chi connectivity index (χ3n) is 3.92. The van der Waals surface area contributed by atoms with Crippen LogP contribution in [0.3, 0.4) is 0 Å². The maximum atomic E-state index is 12.2. The van der Waals surface area contributed by atoms with Gasteiger partial charge in [-0.05, 0) is 51.4 Å². The van der Waals surface area contributed by atoms with Crippen LogP contribution in [-0.2, 0) is 14.4 Å². The summed E-state index contributed by atoms with van der Waals surface area (Å²) < 4.78 is 0. The van der Waals surface area contributed by atoms with Crippen LogP contribution in [0.4, 0.5) is 0 Å². The minimum atomic E-state index is -0.672. The lowest BCUT2D eigenvalue weighted by Gasteiger charge is -2.21. The van der Waals surface area contributed by atoms with Crippen LogP contribution in [-0.4, -0.2) is 17.3 Å². The van der Waals surface area contributed by atoms with E-state index in [-0.39, 0.29) is 23.3 Å². The van der Waals surface area contributed by atoms with Crippen LogP contribution in [0.2, 0.25) is 0 Å². The second kappa shape index (κ2) is 4.71. The number of hydrogen-bond acceptors (Lipinski definition) is 3. The fourth-order valence-electron chi connectivity index (χ4n) is 2.71. The number of hydrogen-bond donors (Lipinski definition) is 0. The molecule has 3 heteroatoms. The zero-order valence-electron chi connectivity index (χ0n) is 10.6. The minimum Gasteiger partial charge on any atom is -0.299 e. The number of rotatable bonds is 7. The van der Waals surface area contributed by atoms with E-state index in [1.54, 1.807) is 0 Å². The van der Waals surface area contributed by atoms with Crippen LogP contribution in [0.5, 0.6) is 0 Å². The topological polar surface area (TPSA) is 51.2 Å². The molecule has 0 aromatic carbocycles. The first-order chi connectivity index (χ1) is 8.00. The van der Waals surface area contributed by atoms with E-state index in [2.05, 4.69) is 0 Å². The highest BCUT2D eigenvalue weighted by molar-refractivity contribution is 6.04. The van der Waals surface area contributed by atoms with E-state index >= 15 is 0 Å². The van der Waals surface area contributed by atoms with Gasteiger partial charge in [0.15, 0.2) is 0 Å². The van der Waals surface area contributed by atoms with Gasteiger partial charge >= 0.3 is 0 Å². The molecule has 3 nitrogen and oxygen atoms in total. The summed E-state index contributed by atoms with van der Waals surface area (Å²) in [6.07, 6.45) is 4.84. The molecule has 2 rings (SSSR count). The van der Waals surface area contributed by atoms with Gasteiger partial charge in [-0.2, -0.15) is 0 Å². The van der Waals surface area contributed by atoms with Crippen LogP contribution in [0.25, 0.3) is 0 Å². The number of carbonyl (C=O) groups excluding carboxylic acids is 3. The number of carbonyl (C=O) groups is 3. The normalized spacial score (nSPS) is 21.4. The van der Waals surface area contributed by atoms with Gasteiger partial charge in [-0.15, -0.1) is 0 Å². The zero-order chi connectivity index (χ0) is 12.6. The first kappa shape index (κ1) is 12.5. The Kier molecular flexibility index (Phi) is 3.45.